The number of rotatable bonds is 2. The molecule has 1 N–H and O–H groups in total. The Labute approximate surface area is 128 Å². The van der Waals surface area contributed by atoms with Crippen LogP contribution in [0.25, 0.3) is 0 Å². The Morgan fingerprint density at radius 2 is 2.10 bits per heavy atom. The molecule has 0 bridgehead atoms. The number of aryl methyl sites for hydroxylation is 1. The van der Waals surface area contributed by atoms with E-state index in [0.29, 0.717) is 12.1 Å². The zero-order valence-corrected chi connectivity index (χ0v) is 13.6. The van der Waals surface area contributed by atoms with E-state index in [1.807, 2.05) is 20.8 Å². The van der Waals surface area contributed by atoms with Crippen LogP contribution in [-0.4, -0.2) is 34.2 Å². The number of thiophene rings is 1. The zero-order valence-electron chi connectivity index (χ0n) is 12.8. The molecule has 0 radical (unpaired) electrons. The fourth-order valence-corrected chi connectivity index (χ4v) is 3.65. The Balaban J connectivity index is 2.21. The van der Waals surface area contributed by atoms with E-state index in [2.05, 4.69) is 0 Å². The number of carbonyl (C=O) groups excluding carboxylic acids is 1. The Kier molecular flexibility index (Phi) is 4.27. The summed E-state index contributed by atoms with van der Waals surface area (Å²) in [6, 6.07) is 1.62. The van der Waals surface area contributed by atoms with Gasteiger partial charge in [0.2, 0.25) is 0 Å². The van der Waals surface area contributed by atoms with Crippen molar-refractivity contribution in [2.75, 3.05) is 6.54 Å². The van der Waals surface area contributed by atoms with Crippen molar-refractivity contribution in [2.24, 2.45) is 0 Å². The summed E-state index contributed by atoms with van der Waals surface area (Å²) in [7, 11) is 0. The van der Waals surface area contributed by atoms with Gasteiger partial charge in [0.25, 0.3) is 0 Å². The fourth-order valence-electron chi connectivity index (χ4n) is 2.48. The maximum absolute atomic E-state index is 12.3. The van der Waals surface area contributed by atoms with Crippen LogP contribution in [0.4, 0.5) is 4.79 Å². The van der Waals surface area contributed by atoms with Crippen LogP contribution in [0.2, 0.25) is 0 Å². The molecule has 1 aliphatic rings. The predicted octanol–water partition coefficient (Wildman–Crippen LogP) is 3.83. The molecule has 1 atom stereocenters. The third-order valence-electron chi connectivity index (χ3n) is 3.38. The van der Waals surface area contributed by atoms with Crippen LogP contribution in [0.15, 0.2) is 6.07 Å². The summed E-state index contributed by atoms with van der Waals surface area (Å²) in [5.74, 6) is -0.920. The summed E-state index contributed by atoms with van der Waals surface area (Å²) in [4.78, 5) is 26.8. The molecule has 0 saturated carbocycles. The number of likely N-dealkylation sites (tertiary alicyclic amines) is 1. The second-order valence-corrected chi connectivity index (χ2v) is 7.54. The maximum atomic E-state index is 12.3. The van der Waals surface area contributed by atoms with Crippen molar-refractivity contribution in [3.05, 3.63) is 21.4 Å². The number of carboxylic acid groups (broad SMARTS) is 1. The lowest BCUT2D eigenvalue weighted by molar-refractivity contribution is 0.0227. The van der Waals surface area contributed by atoms with Crippen LogP contribution in [0.3, 0.4) is 0 Å². The molecule has 1 amide bonds. The molecule has 0 aliphatic carbocycles. The summed E-state index contributed by atoms with van der Waals surface area (Å²) in [5.41, 5.74) is -0.201. The van der Waals surface area contributed by atoms with Gasteiger partial charge < -0.3 is 14.7 Å². The maximum Gasteiger partial charge on any atom is 0.410 e. The third kappa shape index (κ3) is 3.56. The van der Waals surface area contributed by atoms with Crippen molar-refractivity contribution in [3.63, 3.8) is 0 Å². The van der Waals surface area contributed by atoms with Crippen molar-refractivity contribution in [2.45, 2.75) is 52.2 Å². The molecule has 1 aliphatic heterocycles. The lowest BCUT2D eigenvalue weighted by Gasteiger charge is -2.28. The third-order valence-corrected chi connectivity index (χ3v) is 4.53. The summed E-state index contributed by atoms with van der Waals surface area (Å²) in [6.45, 7) is 7.97. The summed E-state index contributed by atoms with van der Waals surface area (Å²) in [6.07, 6.45) is 1.43. The van der Waals surface area contributed by atoms with Gasteiger partial charge >= 0.3 is 12.1 Å². The summed E-state index contributed by atoms with van der Waals surface area (Å²) >= 11 is 1.45. The topological polar surface area (TPSA) is 66.8 Å². The van der Waals surface area contributed by atoms with Gasteiger partial charge in [0.05, 0.1) is 11.6 Å². The molecule has 1 aromatic rings. The molecule has 2 heterocycles. The first-order valence-corrected chi connectivity index (χ1v) is 7.84. The van der Waals surface area contributed by atoms with Crippen LogP contribution in [0, 0.1) is 6.92 Å². The highest BCUT2D eigenvalue weighted by molar-refractivity contribution is 7.12. The van der Waals surface area contributed by atoms with E-state index in [0.717, 1.165) is 22.6 Å². The van der Waals surface area contributed by atoms with Crippen LogP contribution in [-0.2, 0) is 4.74 Å². The van der Waals surface area contributed by atoms with Crippen molar-refractivity contribution in [3.8, 4) is 0 Å². The van der Waals surface area contributed by atoms with E-state index in [9.17, 15) is 9.59 Å². The second-order valence-electron chi connectivity index (χ2n) is 6.26. The largest absolute Gasteiger partial charge is 0.478 e. The molecular formula is C15H21NO4S. The molecular weight excluding hydrogens is 290 g/mol. The van der Waals surface area contributed by atoms with Gasteiger partial charge in [-0.25, -0.2) is 9.59 Å². The molecule has 1 saturated heterocycles. The van der Waals surface area contributed by atoms with E-state index < -0.39 is 11.6 Å². The number of aromatic carboxylic acids is 1. The average Bonchev–Trinajstić information content (AvgIpc) is 2.91. The van der Waals surface area contributed by atoms with E-state index >= 15 is 0 Å². The quantitative estimate of drug-likeness (QED) is 0.901. The summed E-state index contributed by atoms with van der Waals surface area (Å²) in [5, 5.41) is 9.15. The van der Waals surface area contributed by atoms with Gasteiger partial charge in [0, 0.05) is 16.3 Å². The second kappa shape index (κ2) is 5.67. The average molecular weight is 311 g/mol. The monoisotopic (exact) mass is 311 g/mol. The van der Waals surface area contributed by atoms with Gasteiger partial charge in [-0.3, -0.25) is 0 Å². The highest BCUT2D eigenvalue weighted by Crippen LogP contribution is 2.38. The standard InChI is InChI=1S/C15H21NO4S/c1-9-10(13(17)18)8-12(21-9)11-6-5-7-16(11)14(19)20-15(2,3)4/h8,11H,5-7H2,1-4H3,(H,17,18)/t11-/m0/s1. The van der Waals surface area contributed by atoms with Gasteiger partial charge in [-0.1, -0.05) is 0 Å². The van der Waals surface area contributed by atoms with E-state index in [4.69, 9.17) is 9.84 Å². The highest BCUT2D eigenvalue weighted by atomic mass is 32.1. The lowest BCUT2D eigenvalue weighted by Crippen LogP contribution is -2.36. The van der Waals surface area contributed by atoms with Crippen LogP contribution < -0.4 is 0 Å². The number of carboxylic acids is 1. The van der Waals surface area contributed by atoms with Gasteiger partial charge in [0.15, 0.2) is 0 Å². The zero-order chi connectivity index (χ0) is 15.8. The molecule has 2 rings (SSSR count). The number of nitrogens with zero attached hydrogens (tertiary/aromatic N) is 1. The van der Waals surface area contributed by atoms with E-state index in [1.54, 1.807) is 17.9 Å². The molecule has 0 unspecified atom stereocenters. The minimum absolute atomic E-state index is 0.0725. The Hall–Kier alpha value is -1.56. The minimum atomic E-state index is -0.920. The van der Waals surface area contributed by atoms with Crippen molar-refractivity contribution < 1.29 is 19.4 Å². The van der Waals surface area contributed by atoms with Crippen molar-refractivity contribution >= 4 is 23.4 Å². The Morgan fingerprint density at radius 1 is 1.43 bits per heavy atom. The normalized spacial score (nSPS) is 18.9. The van der Waals surface area contributed by atoms with E-state index in [1.165, 1.54) is 11.3 Å². The Bertz CT molecular complexity index is 559. The molecule has 0 spiro atoms. The van der Waals surface area contributed by atoms with Gasteiger partial charge in [-0.05, 0) is 46.6 Å². The molecule has 6 heteroatoms. The Morgan fingerprint density at radius 3 is 2.62 bits per heavy atom. The number of carbonyl (C=O) groups is 2. The van der Waals surface area contributed by atoms with E-state index in [-0.39, 0.29) is 12.1 Å². The number of amides is 1. The first-order chi connectivity index (χ1) is 9.69. The number of hydrogen-bond acceptors (Lipinski definition) is 4. The van der Waals surface area contributed by atoms with Crippen LogP contribution in [0.1, 0.15) is 59.8 Å². The fraction of sp³-hybridized carbons (Fsp3) is 0.600. The van der Waals surface area contributed by atoms with Gasteiger partial charge in [-0.2, -0.15) is 0 Å². The minimum Gasteiger partial charge on any atom is -0.478 e. The summed E-state index contributed by atoms with van der Waals surface area (Å²) < 4.78 is 5.43. The lowest BCUT2D eigenvalue weighted by atomic mass is 10.1. The molecule has 1 fully saturated rings. The van der Waals surface area contributed by atoms with Gasteiger partial charge in [0.1, 0.15) is 5.60 Å². The molecule has 21 heavy (non-hydrogen) atoms. The molecule has 1 aromatic heterocycles. The molecule has 116 valence electrons. The van der Waals surface area contributed by atoms with Crippen LogP contribution >= 0.6 is 11.3 Å². The smallest absolute Gasteiger partial charge is 0.410 e. The van der Waals surface area contributed by atoms with Crippen molar-refractivity contribution in [1.29, 1.82) is 0 Å². The van der Waals surface area contributed by atoms with Crippen molar-refractivity contribution in [1.82, 2.24) is 4.90 Å². The molecule has 0 aromatic carbocycles. The first-order valence-electron chi connectivity index (χ1n) is 7.02. The number of ether oxygens (including phenoxy) is 1. The predicted molar refractivity (Wildman–Crippen MR) is 80.9 cm³/mol. The number of hydrogen-bond donors (Lipinski definition) is 1. The first kappa shape index (κ1) is 15.8. The molecule has 5 nitrogen and oxygen atoms in total. The van der Waals surface area contributed by atoms with Crippen LogP contribution in [0.5, 0.6) is 0 Å². The van der Waals surface area contributed by atoms with Gasteiger partial charge in [-0.15, -0.1) is 11.3 Å². The highest BCUT2D eigenvalue weighted by Gasteiger charge is 2.34. The SMILES string of the molecule is Cc1sc([C@@H]2CCCN2C(=O)OC(C)(C)C)cc1C(=O)O.